The van der Waals surface area contributed by atoms with Gasteiger partial charge >= 0.3 is 5.97 Å². The Labute approximate surface area is 123 Å². The Morgan fingerprint density at radius 1 is 1.26 bits per heavy atom. The fourth-order valence-electron chi connectivity index (χ4n) is 1.65. The summed E-state index contributed by atoms with van der Waals surface area (Å²) in [7, 11) is 3.90. The molecule has 0 aliphatic rings. The summed E-state index contributed by atoms with van der Waals surface area (Å²) in [5, 5.41) is 10.1. The maximum absolute atomic E-state index is 10.9. The standard InChI is InChI=1S/C13H18Cl2N2O2/c1-16(2)5-6-17(9-13(18)19)8-10-7-11(14)3-4-12(10)15/h3-4,7H,5-6,8-9H2,1-2H3,(H,18,19). The first-order chi connectivity index (χ1) is 8.88. The fraction of sp³-hybridized carbons (Fsp3) is 0.462. The highest BCUT2D eigenvalue weighted by Gasteiger charge is 2.12. The Bertz CT molecular complexity index is 439. The summed E-state index contributed by atoms with van der Waals surface area (Å²) in [5.74, 6) is -0.850. The highest BCUT2D eigenvalue weighted by Crippen LogP contribution is 2.22. The van der Waals surface area contributed by atoms with E-state index < -0.39 is 5.97 Å². The number of nitrogens with zero attached hydrogens (tertiary/aromatic N) is 2. The molecule has 0 aliphatic heterocycles. The van der Waals surface area contributed by atoms with Gasteiger partial charge in [0.15, 0.2) is 0 Å². The third-order valence-corrected chi connectivity index (χ3v) is 3.23. The van der Waals surface area contributed by atoms with Crippen molar-refractivity contribution in [2.75, 3.05) is 33.7 Å². The van der Waals surface area contributed by atoms with Crippen LogP contribution in [0.5, 0.6) is 0 Å². The number of carboxylic acids is 1. The molecular formula is C13H18Cl2N2O2. The van der Waals surface area contributed by atoms with Crippen LogP contribution in [0.1, 0.15) is 5.56 Å². The molecule has 0 atom stereocenters. The minimum Gasteiger partial charge on any atom is -0.480 e. The molecule has 0 spiro atoms. The third-order valence-electron chi connectivity index (χ3n) is 2.62. The van der Waals surface area contributed by atoms with Gasteiger partial charge in [0.05, 0.1) is 6.54 Å². The number of aliphatic carboxylic acids is 1. The zero-order valence-corrected chi connectivity index (χ0v) is 12.6. The van der Waals surface area contributed by atoms with E-state index in [4.69, 9.17) is 28.3 Å². The van der Waals surface area contributed by atoms with Crippen LogP contribution in [0, 0.1) is 0 Å². The largest absolute Gasteiger partial charge is 0.480 e. The molecule has 0 fully saturated rings. The van der Waals surface area contributed by atoms with E-state index in [1.165, 1.54) is 0 Å². The fourth-order valence-corrected chi connectivity index (χ4v) is 2.02. The Morgan fingerprint density at radius 2 is 1.95 bits per heavy atom. The smallest absolute Gasteiger partial charge is 0.317 e. The first kappa shape index (κ1) is 16.2. The zero-order valence-electron chi connectivity index (χ0n) is 11.1. The van der Waals surface area contributed by atoms with Gasteiger partial charge in [-0.05, 0) is 37.9 Å². The second-order valence-electron chi connectivity index (χ2n) is 4.64. The van der Waals surface area contributed by atoms with Gasteiger partial charge in [-0.3, -0.25) is 9.69 Å². The number of halogens is 2. The van der Waals surface area contributed by atoms with Gasteiger partial charge in [0.25, 0.3) is 0 Å². The van der Waals surface area contributed by atoms with E-state index in [9.17, 15) is 4.79 Å². The summed E-state index contributed by atoms with van der Waals surface area (Å²) in [6, 6.07) is 5.22. The van der Waals surface area contributed by atoms with Crippen LogP contribution in [0.15, 0.2) is 18.2 Å². The minimum atomic E-state index is -0.850. The van der Waals surface area contributed by atoms with Crippen LogP contribution in [0.25, 0.3) is 0 Å². The summed E-state index contributed by atoms with van der Waals surface area (Å²) < 4.78 is 0. The molecule has 0 bridgehead atoms. The van der Waals surface area contributed by atoms with E-state index in [0.717, 1.165) is 12.1 Å². The average Bonchev–Trinajstić information content (AvgIpc) is 2.30. The predicted molar refractivity (Wildman–Crippen MR) is 77.9 cm³/mol. The van der Waals surface area contributed by atoms with Gasteiger partial charge in [-0.25, -0.2) is 0 Å². The second-order valence-corrected chi connectivity index (χ2v) is 5.49. The number of likely N-dealkylation sites (N-methyl/N-ethyl adjacent to an activating group) is 1. The second kappa shape index (κ2) is 7.70. The SMILES string of the molecule is CN(C)CCN(CC(=O)O)Cc1cc(Cl)ccc1Cl. The lowest BCUT2D eigenvalue weighted by atomic mass is 10.2. The quantitative estimate of drug-likeness (QED) is 0.840. The molecule has 19 heavy (non-hydrogen) atoms. The van der Waals surface area contributed by atoms with Gasteiger partial charge in [-0.1, -0.05) is 23.2 Å². The molecule has 0 amide bonds. The van der Waals surface area contributed by atoms with Gasteiger partial charge in [0, 0.05) is 29.7 Å². The molecule has 0 heterocycles. The van der Waals surface area contributed by atoms with E-state index in [1.54, 1.807) is 18.2 Å². The molecule has 0 aliphatic carbocycles. The summed E-state index contributed by atoms with van der Waals surface area (Å²) in [6.07, 6.45) is 0. The minimum absolute atomic E-state index is 0.0172. The van der Waals surface area contributed by atoms with E-state index in [1.807, 2.05) is 23.9 Å². The number of rotatable bonds is 7. The summed E-state index contributed by atoms with van der Waals surface area (Å²) in [4.78, 5) is 14.7. The monoisotopic (exact) mass is 304 g/mol. The molecule has 1 aromatic carbocycles. The molecule has 1 rings (SSSR count). The lowest BCUT2D eigenvalue weighted by molar-refractivity contribution is -0.138. The molecule has 0 radical (unpaired) electrons. The lowest BCUT2D eigenvalue weighted by Gasteiger charge is -2.22. The van der Waals surface area contributed by atoms with Crippen molar-refractivity contribution in [1.29, 1.82) is 0 Å². The molecule has 4 nitrogen and oxygen atoms in total. The van der Waals surface area contributed by atoms with Gasteiger partial charge < -0.3 is 10.0 Å². The average molecular weight is 305 g/mol. The van der Waals surface area contributed by atoms with E-state index in [2.05, 4.69) is 0 Å². The summed E-state index contributed by atoms with van der Waals surface area (Å²) in [6.45, 7) is 1.89. The maximum Gasteiger partial charge on any atom is 0.317 e. The number of hydrogen-bond acceptors (Lipinski definition) is 3. The van der Waals surface area contributed by atoms with E-state index in [-0.39, 0.29) is 6.54 Å². The van der Waals surface area contributed by atoms with Gasteiger partial charge in [-0.2, -0.15) is 0 Å². The number of carboxylic acid groups (broad SMARTS) is 1. The van der Waals surface area contributed by atoms with Crippen LogP contribution in [-0.2, 0) is 11.3 Å². The molecule has 106 valence electrons. The van der Waals surface area contributed by atoms with Crippen molar-refractivity contribution in [2.24, 2.45) is 0 Å². The molecular weight excluding hydrogens is 287 g/mol. The highest BCUT2D eigenvalue weighted by molar-refractivity contribution is 6.33. The van der Waals surface area contributed by atoms with Crippen LogP contribution in [-0.4, -0.2) is 54.6 Å². The van der Waals surface area contributed by atoms with Crippen molar-refractivity contribution in [3.05, 3.63) is 33.8 Å². The predicted octanol–water partition coefficient (Wildman–Crippen LogP) is 2.44. The Kier molecular flexibility index (Phi) is 6.58. The first-order valence-electron chi connectivity index (χ1n) is 5.91. The van der Waals surface area contributed by atoms with E-state index in [0.29, 0.717) is 23.1 Å². The normalized spacial score (nSPS) is 11.3. The lowest BCUT2D eigenvalue weighted by Crippen LogP contribution is -2.35. The van der Waals surface area contributed by atoms with Crippen LogP contribution < -0.4 is 0 Å². The molecule has 0 aromatic heterocycles. The topological polar surface area (TPSA) is 43.8 Å². The van der Waals surface area contributed by atoms with Crippen LogP contribution in [0.3, 0.4) is 0 Å². The van der Waals surface area contributed by atoms with E-state index >= 15 is 0 Å². The molecule has 0 unspecified atom stereocenters. The van der Waals surface area contributed by atoms with Crippen molar-refractivity contribution < 1.29 is 9.90 Å². The summed E-state index contributed by atoms with van der Waals surface area (Å²) in [5.41, 5.74) is 0.842. The summed E-state index contributed by atoms with van der Waals surface area (Å²) >= 11 is 12.0. The molecule has 0 saturated heterocycles. The Morgan fingerprint density at radius 3 is 2.53 bits per heavy atom. The van der Waals surface area contributed by atoms with Crippen molar-refractivity contribution in [3.63, 3.8) is 0 Å². The number of hydrogen-bond donors (Lipinski definition) is 1. The van der Waals surface area contributed by atoms with Crippen LogP contribution >= 0.6 is 23.2 Å². The van der Waals surface area contributed by atoms with Crippen molar-refractivity contribution in [2.45, 2.75) is 6.54 Å². The van der Waals surface area contributed by atoms with Crippen LogP contribution in [0.2, 0.25) is 10.0 Å². The molecule has 6 heteroatoms. The molecule has 1 aromatic rings. The van der Waals surface area contributed by atoms with Crippen LogP contribution in [0.4, 0.5) is 0 Å². The van der Waals surface area contributed by atoms with Crippen molar-refractivity contribution >= 4 is 29.2 Å². The van der Waals surface area contributed by atoms with Gasteiger partial charge in [-0.15, -0.1) is 0 Å². The van der Waals surface area contributed by atoms with Gasteiger partial charge in [0.1, 0.15) is 0 Å². The number of carbonyl (C=O) groups is 1. The highest BCUT2D eigenvalue weighted by atomic mass is 35.5. The number of benzene rings is 1. The Hall–Kier alpha value is -0.810. The van der Waals surface area contributed by atoms with Gasteiger partial charge in [0.2, 0.25) is 0 Å². The van der Waals surface area contributed by atoms with Crippen molar-refractivity contribution in [1.82, 2.24) is 9.80 Å². The Balaban J connectivity index is 2.74. The molecule has 1 N–H and O–H groups in total. The third kappa shape index (κ3) is 6.25. The molecule has 0 saturated carbocycles. The first-order valence-corrected chi connectivity index (χ1v) is 6.67. The maximum atomic E-state index is 10.9. The van der Waals surface area contributed by atoms with Crippen molar-refractivity contribution in [3.8, 4) is 0 Å². The zero-order chi connectivity index (χ0) is 14.4.